The fraction of sp³-hybridized carbons (Fsp3) is 0.647. The SMILES string of the molecule is CCC1(C)CN(c2ccccc2C(C)C)C(C)CN1. The second-order valence-corrected chi connectivity index (χ2v) is 6.49. The van der Waals surface area contributed by atoms with Crippen LogP contribution in [0.2, 0.25) is 0 Å². The monoisotopic (exact) mass is 260 g/mol. The van der Waals surface area contributed by atoms with Gasteiger partial charge in [0.25, 0.3) is 0 Å². The molecule has 2 heteroatoms. The van der Waals surface area contributed by atoms with Crippen LogP contribution in [-0.4, -0.2) is 24.7 Å². The van der Waals surface area contributed by atoms with E-state index >= 15 is 0 Å². The Kier molecular flexibility index (Phi) is 4.19. The topological polar surface area (TPSA) is 15.3 Å². The molecule has 1 N–H and O–H groups in total. The van der Waals surface area contributed by atoms with Crippen LogP contribution in [0.5, 0.6) is 0 Å². The van der Waals surface area contributed by atoms with Crippen LogP contribution in [0.25, 0.3) is 0 Å². The lowest BCUT2D eigenvalue weighted by Gasteiger charge is -2.47. The fourth-order valence-corrected chi connectivity index (χ4v) is 2.89. The van der Waals surface area contributed by atoms with Gasteiger partial charge in [-0.05, 0) is 37.8 Å². The number of hydrogen-bond donors (Lipinski definition) is 1. The zero-order chi connectivity index (χ0) is 14.0. The normalized spacial score (nSPS) is 27.9. The van der Waals surface area contributed by atoms with Gasteiger partial charge >= 0.3 is 0 Å². The molecular weight excluding hydrogens is 232 g/mol. The van der Waals surface area contributed by atoms with Crippen LogP contribution in [0, 0.1) is 0 Å². The van der Waals surface area contributed by atoms with Gasteiger partial charge < -0.3 is 10.2 Å². The molecule has 2 unspecified atom stereocenters. The van der Waals surface area contributed by atoms with Gasteiger partial charge in [-0.3, -0.25) is 0 Å². The van der Waals surface area contributed by atoms with Crippen LogP contribution in [-0.2, 0) is 0 Å². The summed E-state index contributed by atoms with van der Waals surface area (Å²) < 4.78 is 0. The van der Waals surface area contributed by atoms with E-state index in [0.29, 0.717) is 12.0 Å². The van der Waals surface area contributed by atoms with Crippen LogP contribution in [0.15, 0.2) is 24.3 Å². The number of anilines is 1. The van der Waals surface area contributed by atoms with Crippen LogP contribution >= 0.6 is 0 Å². The average Bonchev–Trinajstić information content (AvgIpc) is 2.42. The van der Waals surface area contributed by atoms with Crippen LogP contribution < -0.4 is 10.2 Å². The van der Waals surface area contributed by atoms with Gasteiger partial charge in [0.15, 0.2) is 0 Å². The second-order valence-electron chi connectivity index (χ2n) is 6.49. The van der Waals surface area contributed by atoms with Gasteiger partial charge in [-0.2, -0.15) is 0 Å². The molecule has 2 nitrogen and oxygen atoms in total. The Morgan fingerprint density at radius 3 is 2.68 bits per heavy atom. The van der Waals surface area contributed by atoms with Crippen molar-refractivity contribution in [1.82, 2.24) is 5.32 Å². The first-order valence-electron chi connectivity index (χ1n) is 7.57. The van der Waals surface area contributed by atoms with Crippen molar-refractivity contribution in [3.05, 3.63) is 29.8 Å². The molecule has 1 aliphatic heterocycles. The maximum atomic E-state index is 3.70. The molecule has 1 heterocycles. The van der Waals surface area contributed by atoms with Crippen molar-refractivity contribution in [1.29, 1.82) is 0 Å². The highest BCUT2D eigenvalue weighted by Gasteiger charge is 2.33. The molecule has 1 fully saturated rings. The molecule has 0 aromatic heterocycles. The third-order valence-electron chi connectivity index (χ3n) is 4.52. The van der Waals surface area contributed by atoms with E-state index in [1.807, 2.05) is 0 Å². The van der Waals surface area contributed by atoms with Crippen molar-refractivity contribution >= 4 is 5.69 Å². The largest absolute Gasteiger partial charge is 0.365 e. The van der Waals surface area contributed by atoms with Crippen LogP contribution in [0.3, 0.4) is 0 Å². The summed E-state index contributed by atoms with van der Waals surface area (Å²) in [5.41, 5.74) is 3.12. The first-order valence-corrected chi connectivity index (χ1v) is 7.57. The Bertz CT molecular complexity index is 427. The summed E-state index contributed by atoms with van der Waals surface area (Å²) in [6, 6.07) is 9.44. The third kappa shape index (κ3) is 2.94. The number of hydrogen-bond acceptors (Lipinski definition) is 2. The Hall–Kier alpha value is -1.02. The van der Waals surface area contributed by atoms with Crippen molar-refractivity contribution in [3.8, 4) is 0 Å². The van der Waals surface area contributed by atoms with E-state index in [-0.39, 0.29) is 5.54 Å². The van der Waals surface area contributed by atoms with Crippen molar-refractivity contribution in [2.75, 3.05) is 18.0 Å². The van der Waals surface area contributed by atoms with Gasteiger partial charge in [0.1, 0.15) is 0 Å². The summed E-state index contributed by atoms with van der Waals surface area (Å²) in [5.74, 6) is 0.575. The van der Waals surface area contributed by atoms with Gasteiger partial charge in [-0.25, -0.2) is 0 Å². The predicted molar refractivity (Wildman–Crippen MR) is 84.0 cm³/mol. The summed E-state index contributed by atoms with van der Waals surface area (Å²) in [7, 11) is 0. The lowest BCUT2D eigenvalue weighted by atomic mass is 9.91. The molecule has 0 saturated carbocycles. The molecular formula is C17H28N2. The average molecular weight is 260 g/mol. The van der Waals surface area contributed by atoms with E-state index in [9.17, 15) is 0 Å². The first kappa shape index (κ1) is 14.4. The number of benzene rings is 1. The highest BCUT2D eigenvalue weighted by atomic mass is 15.3. The Morgan fingerprint density at radius 2 is 2.05 bits per heavy atom. The maximum absolute atomic E-state index is 3.70. The van der Waals surface area contributed by atoms with E-state index in [0.717, 1.165) is 13.1 Å². The Labute approximate surface area is 118 Å². The van der Waals surface area contributed by atoms with E-state index in [2.05, 4.69) is 69.1 Å². The van der Waals surface area contributed by atoms with E-state index in [4.69, 9.17) is 0 Å². The summed E-state index contributed by atoms with van der Waals surface area (Å²) in [4.78, 5) is 2.59. The van der Waals surface area contributed by atoms with Gasteiger partial charge in [-0.1, -0.05) is 39.0 Å². The molecule has 0 aliphatic carbocycles. The number of para-hydroxylation sites is 1. The van der Waals surface area contributed by atoms with E-state index in [1.54, 1.807) is 0 Å². The van der Waals surface area contributed by atoms with Crippen LogP contribution in [0.4, 0.5) is 5.69 Å². The van der Waals surface area contributed by atoms with E-state index < -0.39 is 0 Å². The summed E-state index contributed by atoms with van der Waals surface area (Å²) in [6.07, 6.45) is 1.17. The van der Waals surface area contributed by atoms with Crippen LogP contribution in [0.1, 0.15) is 52.5 Å². The lowest BCUT2D eigenvalue weighted by molar-refractivity contribution is 0.285. The Balaban J connectivity index is 2.34. The molecule has 2 rings (SSSR count). The Morgan fingerprint density at radius 1 is 1.37 bits per heavy atom. The molecule has 1 aromatic rings. The summed E-state index contributed by atoms with van der Waals surface area (Å²) >= 11 is 0. The molecule has 19 heavy (non-hydrogen) atoms. The minimum atomic E-state index is 0.233. The molecule has 1 aromatic carbocycles. The summed E-state index contributed by atoms with van der Waals surface area (Å²) in [5, 5.41) is 3.70. The molecule has 1 aliphatic rings. The summed E-state index contributed by atoms with van der Waals surface area (Å²) in [6.45, 7) is 13.7. The fourth-order valence-electron chi connectivity index (χ4n) is 2.89. The number of piperazine rings is 1. The zero-order valence-electron chi connectivity index (χ0n) is 13.0. The van der Waals surface area contributed by atoms with Crippen molar-refractivity contribution in [2.45, 2.75) is 58.5 Å². The lowest BCUT2D eigenvalue weighted by Crippen LogP contribution is -2.62. The smallest absolute Gasteiger partial charge is 0.0404 e. The molecule has 0 spiro atoms. The quantitative estimate of drug-likeness (QED) is 0.890. The molecule has 0 bridgehead atoms. The van der Waals surface area contributed by atoms with Crippen molar-refractivity contribution in [2.24, 2.45) is 0 Å². The molecule has 1 saturated heterocycles. The number of nitrogens with zero attached hydrogens (tertiary/aromatic N) is 1. The maximum Gasteiger partial charge on any atom is 0.0404 e. The zero-order valence-corrected chi connectivity index (χ0v) is 13.0. The standard InChI is InChI=1S/C17H28N2/c1-6-17(5)12-19(14(4)11-18-17)16-10-8-7-9-15(16)13(2)3/h7-10,13-14,18H,6,11-12H2,1-5H3. The number of nitrogens with one attached hydrogen (secondary N) is 1. The van der Waals surface area contributed by atoms with Gasteiger partial charge in [0.2, 0.25) is 0 Å². The predicted octanol–water partition coefficient (Wildman–Crippen LogP) is 3.78. The molecule has 2 atom stereocenters. The number of rotatable bonds is 3. The second kappa shape index (κ2) is 5.54. The van der Waals surface area contributed by atoms with Crippen molar-refractivity contribution < 1.29 is 0 Å². The highest BCUT2D eigenvalue weighted by molar-refractivity contribution is 5.56. The van der Waals surface area contributed by atoms with Crippen molar-refractivity contribution in [3.63, 3.8) is 0 Å². The molecule has 106 valence electrons. The first-order chi connectivity index (χ1) is 8.97. The third-order valence-corrected chi connectivity index (χ3v) is 4.52. The van der Waals surface area contributed by atoms with Gasteiger partial charge in [0, 0.05) is 30.4 Å². The van der Waals surface area contributed by atoms with E-state index in [1.165, 1.54) is 17.7 Å². The minimum absolute atomic E-state index is 0.233. The minimum Gasteiger partial charge on any atom is -0.365 e. The van der Waals surface area contributed by atoms with Gasteiger partial charge in [-0.15, -0.1) is 0 Å². The molecule has 0 amide bonds. The highest BCUT2D eigenvalue weighted by Crippen LogP contribution is 2.31. The molecule has 0 radical (unpaired) electrons. The van der Waals surface area contributed by atoms with Gasteiger partial charge in [0.05, 0.1) is 0 Å².